The van der Waals surface area contributed by atoms with Crippen LogP contribution in [0, 0.1) is 0 Å². The second-order valence-electron chi connectivity index (χ2n) is 4.39. The van der Waals surface area contributed by atoms with E-state index in [1.807, 2.05) is 12.4 Å². The van der Waals surface area contributed by atoms with Crippen molar-refractivity contribution in [3.8, 4) is 0 Å². The van der Waals surface area contributed by atoms with Gasteiger partial charge in [0.25, 0.3) is 0 Å². The summed E-state index contributed by atoms with van der Waals surface area (Å²) < 4.78 is 0. The molecule has 0 aromatic carbocycles. The van der Waals surface area contributed by atoms with E-state index in [9.17, 15) is 0 Å². The van der Waals surface area contributed by atoms with E-state index >= 15 is 0 Å². The fourth-order valence-corrected chi connectivity index (χ4v) is 2.53. The smallest absolute Gasteiger partial charge is 0.0509 e. The summed E-state index contributed by atoms with van der Waals surface area (Å²) in [7, 11) is 0. The summed E-state index contributed by atoms with van der Waals surface area (Å²) in [5, 5.41) is 0. The minimum Gasteiger partial charge on any atom is -0.371 e. The first-order valence-corrected chi connectivity index (χ1v) is 6.69. The molecule has 0 bridgehead atoms. The van der Waals surface area contributed by atoms with E-state index in [1.165, 1.54) is 37.8 Å². The molecular formula is C13H19ClN2. The Morgan fingerprint density at radius 3 is 2.50 bits per heavy atom. The van der Waals surface area contributed by atoms with Gasteiger partial charge in [-0.3, -0.25) is 4.98 Å². The molecule has 3 heteroatoms. The molecule has 0 saturated carbocycles. The van der Waals surface area contributed by atoms with Crippen LogP contribution in [0.15, 0.2) is 18.5 Å². The Morgan fingerprint density at radius 2 is 1.81 bits per heavy atom. The number of rotatable bonds is 2. The number of aromatic nitrogens is 1. The highest BCUT2D eigenvalue weighted by atomic mass is 35.5. The average molecular weight is 239 g/mol. The van der Waals surface area contributed by atoms with Crippen molar-refractivity contribution in [2.45, 2.75) is 38.0 Å². The SMILES string of the molecule is ClCc1cnccc1N1CCCCCCC1. The maximum atomic E-state index is 5.96. The molecule has 2 nitrogen and oxygen atoms in total. The molecule has 1 aromatic heterocycles. The summed E-state index contributed by atoms with van der Waals surface area (Å²) in [6.07, 6.45) is 10.5. The monoisotopic (exact) mass is 238 g/mol. The van der Waals surface area contributed by atoms with Crippen LogP contribution in [-0.2, 0) is 5.88 Å². The molecule has 0 aliphatic carbocycles. The topological polar surface area (TPSA) is 16.1 Å². The number of anilines is 1. The molecule has 1 aromatic rings. The predicted molar refractivity (Wildman–Crippen MR) is 69.1 cm³/mol. The largest absolute Gasteiger partial charge is 0.371 e. The molecule has 0 unspecified atom stereocenters. The highest BCUT2D eigenvalue weighted by Crippen LogP contribution is 2.23. The maximum Gasteiger partial charge on any atom is 0.0509 e. The van der Waals surface area contributed by atoms with Crippen molar-refractivity contribution < 1.29 is 0 Å². The van der Waals surface area contributed by atoms with Crippen molar-refractivity contribution >= 4 is 17.3 Å². The summed E-state index contributed by atoms with van der Waals surface area (Å²) in [5.74, 6) is 0.555. The Kier molecular flexibility index (Phi) is 4.46. The van der Waals surface area contributed by atoms with Gasteiger partial charge in [-0.1, -0.05) is 19.3 Å². The molecule has 0 spiro atoms. The second-order valence-corrected chi connectivity index (χ2v) is 4.66. The van der Waals surface area contributed by atoms with Crippen molar-refractivity contribution in [3.63, 3.8) is 0 Å². The van der Waals surface area contributed by atoms with Gasteiger partial charge in [-0.25, -0.2) is 0 Å². The minimum atomic E-state index is 0.555. The van der Waals surface area contributed by atoms with E-state index in [2.05, 4.69) is 16.0 Å². The number of hydrogen-bond acceptors (Lipinski definition) is 2. The lowest BCUT2D eigenvalue weighted by molar-refractivity contribution is 0.556. The average Bonchev–Trinajstić information content (AvgIpc) is 2.29. The number of halogens is 1. The van der Waals surface area contributed by atoms with E-state index in [4.69, 9.17) is 11.6 Å². The summed E-state index contributed by atoms with van der Waals surface area (Å²) >= 11 is 5.96. The van der Waals surface area contributed by atoms with Crippen molar-refractivity contribution in [1.29, 1.82) is 0 Å². The van der Waals surface area contributed by atoms with Gasteiger partial charge in [-0.2, -0.15) is 0 Å². The molecule has 0 amide bonds. The highest BCUT2D eigenvalue weighted by Gasteiger charge is 2.12. The first-order chi connectivity index (χ1) is 7.92. The van der Waals surface area contributed by atoms with Crippen LogP contribution in [0.3, 0.4) is 0 Å². The second kappa shape index (κ2) is 6.09. The quantitative estimate of drug-likeness (QED) is 0.732. The summed E-state index contributed by atoms with van der Waals surface area (Å²) in [4.78, 5) is 6.61. The van der Waals surface area contributed by atoms with Crippen LogP contribution in [0.5, 0.6) is 0 Å². The van der Waals surface area contributed by atoms with Gasteiger partial charge in [0, 0.05) is 36.7 Å². The van der Waals surface area contributed by atoms with Crippen LogP contribution >= 0.6 is 11.6 Å². The van der Waals surface area contributed by atoms with E-state index in [-0.39, 0.29) is 0 Å². The van der Waals surface area contributed by atoms with Crippen LogP contribution < -0.4 is 4.90 Å². The van der Waals surface area contributed by atoms with Crippen LogP contribution in [0.2, 0.25) is 0 Å². The molecule has 16 heavy (non-hydrogen) atoms. The lowest BCUT2D eigenvalue weighted by Gasteiger charge is -2.28. The Balaban J connectivity index is 2.13. The van der Waals surface area contributed by atoms with E-state index in [0.717, 1.165) is 18.7 Å². The van der Waals surface area contributed by atoms with Gasteiger partial charge in [0.1, 0.15) is 0 Å². The van der Waals surface area contributed by atoms with Crippen molar-refractivity contribution in [1.82, 2.24) is 4.98 Å². The Morgan fingerprint density at radius 1 is 1.12 bits per heavy atom. The van der Waals surface area contributed by atoms with Crippen molar-refractivity contribution in [3.05, 3.63) is 24.0 Å². The zero-order valence-corrected chi connectivity index (χ0v) is 10.4. The molecular weight excluding hydrogens is 220 g/mol. The van der Waals surface area contributed by atoms with Gasteiger partial charge in [0.05, 0.1) is 5.88 Å². The molecule has 0 radical (unpaired) electrons. The standard InChI is InChI=1S/C13H19ClN2/c14-10-12-11-15-7-6-13(12)16-8-4-2-1-3-5-9-16/h6-7,11H,1-5,8-10H2. The normalized spacial score (nSPS) is 17.9. The summed E-state index contributed by atoms with van der Waals surface area (Å²) in [6, 6.07) is 2.10. The molecule has 2 heterocycles. The van der Waals surface area contributed by atoms with Crippen LogP contribution in [-0.4, -0.2) is 18.1 Å². The highest BCUT2D eigenvalue weighted by molar-refractivity contribution is 6.17. The number of pyridine rings is 1. The molecule has 88 valence electrons. The fraction of sp³-hybridized carbons (Fsp3) is 0.615. The van der Waals surface area contributed by atoms with Crippen LogP contribution in [0.1, 0.15) is 37.7 Å². The third kappa shape index (κ3) is 2.88. The molecule has 1 aliphatic heterocycles. The molecule has 0 atom stereocenters. The number of nitrogens with zero attached hydrogens (tertiary/aromatic N) is 2. The van der Waals surface area contributed by atoms with Gasteiger partial charge in [0.2, 0.25) is 0 Å². The van der Waals surface area contributed by atoms with Crippen molar-refractivity contribution in [2.75, 3.05) is 18.0 Å². The number of hydrogen-bond donors (Lipinski definition) is 0. The predicted octanol–water partition coefficient (Wildman–Crippen LogP) is 3.59. The van der Waals surface area contributed by atoms with Gasteiger partial charge in [-0.05, 0) is 18.9 Å². The Bertz CT molecular complexity index is 319. The molecule has 1 saturated heterocycles. The fourth-order valence-electron chi connectivity index (χ4n) is 2.32. The van der Waals surface area contributed by atoms with Gasteiger partial charge < -0.3 is 4.90 Å². The first kappa shape index (κ1) is 11.7. The van der Waals surface area contributed by atoms with E-state index in [1.54, 1.807) is 0 Å². The minimum absolute atomic E-state index is 0.555. The van der Waals surface area contributed by atoms with Gasteiger partial charge in [0.15, 0.2) is 0 Å². The molecule has 2 rings (SSSR count). The van der Waals surface area contributed by atoms with Gasteiger partial charge >= 0.3 is 0 Å². The maximum absolute atomic E-state index is 5.96. The van der Waals surface area contributed by atoms with E-state index < -0.39 is 0 Å². The Hall–Kier alpha value is -0.760. The Labute approximate surface area is 103 Å². The van der Waals surface area contributed by atoms with Gasteiger partial charge in [-0.15, -0.1) is 11.6 Å². The third-order valence-corrected chi connectivity index (χ3v) is 3.51. The lowest BCUT2D eigenvalue weighted by atomic mass is 10.1. The van der Waals surface area contributed by atoms with Crippen LogP contribution in [0.4, 0.5) is 5.69 Å². The summed E-state index contributed by atoms with van der Waals surface area (Å²) in [6.45, 7) is 2.32. The lowest BCUT2D eigenvalue weighted by Crippen LogP contribution is -2.27. The zero-order chi connectivity index (χ0) is 11.2. The van der Waals surface area contributed by atoms with Crippen LogP contribution in [0.25, 0.3) is 0 Å². The first-order valence-electron chi connectivity index (χ1n) is 6.15. The molecule has 1 aliphatic rings. The third-order valence-electron chi connectivity index (χ3n) is 3.22. The van der Waals surface area contributed by atoms with E-state index in [0.29, 0.717) is 5.88 Å². The molecule has 1 fully saturated rings. The zero-order valence-electron chi connectivity index (χ0n) is 9.66. The summed E-state index contributed by atoms with van der Waals surface area (Å²) in [5.41, 5.74) is 2.44. The molecule has 0 N–H and O–H groups in total. The number of alkyl halides is 1. The van der Waals surface area contributed by atoms with Crippen molar-refractivity contribution in [2.24, 2.45) is 0 Å².